The molecule has 20 heavy (non-hydrogen) atoms. The molecule has 1 aliphatic rings. The maximum Gasteiger partial charge on any atom is 0.159 e. The SMILES string of the molecule is Cc1nnc(N(C)CC2CNCCO2)c2ccccc12. The van der Waals surface area contributed by atoms with Gasteiger partial charge in [0.1, 0.15) is 0 Å². The normalized spacial score (nSPS) is 19.2. The Morgan fingerprint density at radius 1 is 1.30 bits per heavy atom. The first kappa shape index (κ1) is 13.3. The zero-order chi connectivity index (χ0) is 13.9. The fourth-order valence-electron chi connectivity index (χ4n) is 2.63. The lowest BCUT2D eigenvalue weighted by molar-refractivity contribution is 0.0339. The number of hydrogen-bond donors (Lipinski definition) is 1. The van der Waals surface area contributed by atoms with E-state index in [9.17, 15) is 0 Å². The molecule has 1 unspecified atom stereocenters. The molecule has 1 saturated heterocycles. The summed E-state index contributed by atoms with van der Waals surface area (Å²) in [5.74, 6) is 0.917. The van der Waals surface area contributed by atoms with Crippen molar-refractivity contribution >= 4 is 16.6 Å². The number of aryl methyl sites for hydroxylation is 1. The van der Waals surface area contributed by atoms with Gasteiger partial charge in [-0.2, -0.15) is 5.10 Å². The molecule has 2 aromatic rings. The van der Waals surface area contributed by atoms with Crippen LogP contribution in [0.15, 0.2) is 24.3 Å². The molecule has 0 amide bonds. The first-order chi connectivity index (χ1) is 9.75. The molecule has 1 fully saturated rings. The van der Waals surface area contributed by atoms with Gasteiger partial charge in [0.05, 0.1) is 18.4 Å². The van der Waals surface area contributed by atoms with Crippen molar-refractivity contribution in [2.45, 2.75) is 13.0 Å². The summed E-state index contributed by atoms with van der Waals surface area (Å²) in [4.78, 5) is 2.13. The van der Waals surface area contributed by atoms with Crippen LogP contribution in [0.3, 0.4) is 0 Å². The van der Waals surface area contributed by atoms with Crippen LogP contribution in [0.25, 0.3) is 10.8 Å². The number of fused-ring (bicyclic) bond motifs is 1. The average Bonchev–Trinajstić information content (AvgIpc) is 2.49. The van der Waals surface area contributed by atoms with Gasteiger partial charge in [0.2, 0.25) is 0 Å². The monoisotopic (exact) mass is 272 g/mol. The Morgan fingerprint density at radius 3 is 2.85 bits per heavy atom. The van der Waals surface area contributed by atoms with Crippen LogP contribution in [-0.2, 0) is 4.74 Å². The zero-order valence-corrected chi connectivity index (χ0v) is 12.0. The largest absolute Gasteiger partial charge is 0.374 e. The van der Waals surface area contributed by atoms with Crippen molar-refractivity contribution in [2.24, 2.45) is 0 Å². The van der Waals surface area contributed by atoms with Gasteiger partial charge in [-0.3, -0.25) is 0 Å². The lowest BCUT2D eigenvalue weighted by Crippen LogP contribution is -2.44. The molecule has 5 nitrogen and oxygen atoms in total. The number of morpholine rings is 1. The minimum atomic E-state index is 0.204. The fraction of sp³-hybridized carbons (Fsp3) is 0.467. The molecule has 1 aliphatic heterocycles. The van der Waals surface area contributed by atoms with Crippen LogP contribution in [0.5, 0.6) is 0 Å². The van der Waals surface area contributed by atoms with Gasteiger partial charge in [0.15, 0.2) is 5.82 Å². The van der Waals surface area contributed by atoms with Crippen LogP contribution in [0, 0.1) is 6.92 Å². The molecule has 1 aromatic carbocycles. The first-order valence-corrected chi connectivity index (χ1v) is 7.01. The second-order valence-corrected chi connectivity index (χ2v) is 5.23. The van der Waals surface area contributed by atoms with E-state index in [1.54, 1.807) is 0 Å². The summed E-state index contributed by atoms with van der Waals surface area (Å²) in [6.07, 6.45) is 0.204. The maximum absolute atomic E-state index is 5.75. The van der Waals surface area contributed by atoms with E-state index in [-0.39, 0.29) is 6.10 Å². The van der Waals surface area contributed by atoms with Gasteiger partial charge < -0.3 is 15.0 Å². The van der Waals surface area contributed by atoms with Crippen LogP contribution < -0.4 is 10.2 Å². The van der Waals surface area contributed by atoms with E-state index in [1.165, 1.54) is 0 Å². The van der Waals surface area contributed by atoms with Crippen molar-refractivity contribution in [1.82, 2.24) is 15.5 Å². The molecule has 1 aromatic heterocycles. The molecule has 0 aliphatic carbocycles. The number of nitrogens with zero attached hydrogens (tertiary/aromatic N) is 3. The molecule has 106 valence electrons. The van der Waals surface area contributed by atoms with Gasteiger partial charge >= 0.3 is 0 Å². The molecular formula is C15H20N4O. The maximum atomic E-state index is 5.75. The van der Waals surface area contributed by atoms with Crippen molar-refractivity contribution in [1.29, 1.82) is 0 Å². The molecule has 0 spiro atoms. The standard InChI is InChI=1S/C15H20N4O/c1-11-13-5-3-4-6-14(13)15(18-17-11)19(2)10-12-9-16-7-8-20-12/h3-6,12,16H,7-10H2,1-2H3. The van der Waals surface area contributed by atoms with Crippen LogP contribution in [-0.4, -0.2) is 49.6 Å². The third-order valence-corrected chi connectivity index (χ3v) is 3.70. The van der Waals surface area contributed by atoms with Gasteiger partial charge in [-0.25, -0.2) is 0 Å². The molecule has 5 heteroatoms. The second kappa shape index (κ2) is 5.73. The molecule has 3 rings (SSSR count). The molecular weight excluding hydrogens is 252 g/mol. The van der Waals surface area contributed by atoms with Crippen molar-refractivity contribution in [2.75, 3.05) is 38.2 Å². The predicted molar refractivity (Wildman–Crippen MR) is 80.2 cm³/mol. The Kier molecular flexibility index (Phi) is 3.80. The lowest BCUT2D eigenvalue weighted by Gasteiger charge is -2.28. The second-order valence-electron chi connectivity index (χ2n) is 5.23. The Balaban J connectivity index is 1.87. The number of benzene rings is 1. The number of likely N-dealkylation sites (N-methyl/N-ethyl adjacent to an activating group) is 1. The highest BCUT2D eigenvalue weighted by atomic mass is 16.5. The van der Waals surface area contributed by atoms with Gasteiger partial charge in [-0.15, -0.1) is 5.10 Å². The highest BCUT2D eigenvalue weighted by Gasteiger charge is 2.18. The Bertz CT molecular complexity index is 595. The third kappa shape index (κ3) is 2.59. The van der Waals surface area contributed by atoms with Crippen LogP contribution in [0.1, 0.15) is 5.69 Å². The number of ether oxygens (including phenoxy) is 1. The highest BCUT2D eigenvalue weighted by molar-refractivity contribution is 5.93. The fourth-order valence-corrected chi connectivity index (χ4v) is 2.63. The summed E-state index contributed by atoms with van der Waals surface area (Å²) in [5.41, 5.74) is 0.966. The minimum Gasteiger partial charge on any atom is -0.374 e. The summed E-state index contributed by atoms with van der Waals surface area (Å²) >= 11 is 0. The summed E-state index contributed by atoms with van der Waals surface area (Å²) in [5, 5.41) is 14.3. The van der Waals surface area contributed by atoms with E-state index < -0.39 is 0 Å². The van der Waals surface area contributed by atoms with Crippen LogP contribution in [0.2, 0.25) is 0 Å². The number of rotatable bonds is 3. The Morgan fingerprint density at radius 2 is 2.10 bits per heavy atom. The summed E-state index contributed by atoms with van der Waals surface area (Å²) in [6.45, 7) is 5.41. The summed E-state index contributed by atoms with van der Waals surface area (Å²) < 4.78 is 5.75. The zero-order valence-electron chi connectivity index (χ0n) is 12.0. The Labute approximate surface area is 118 Å². The lowest BCUT2D eigenvalue weighted by atomic mass is 10.1. The van der Waals surface area contributed by atoms with Gasteiger partial charge in [-0.1, -0.05) is 24.3 Å². The van der Waals surface area contributed by atoms with Gasteiger partial charge in [-0.05, 0) is 6.92 Å². The molecule has 0 radical (unpaired) electrons. The van der Waals surface area contributed by atoms with E-state index >= 15 is 0 Å². The molecule has 0 saturated carbocycles. The number of hydrogen-bond acceptors (Lipinski definition) is 5. The molecule has 2 heterocycles. The topological polar surface area (TPSA) is 50.3 Å². The van der Waals surface area contributed by atoms with Crippen LogP contribution >= 0.6 is 0 Å². The van der Waals surface area contributed by atoms with E-state index in [0.717, 1.165) is 48.5 Å². The average molecular weight is 272 g/mol. The number of nitrogens with one attached hydrogen (secondary N) is 1. The molecule has 0 bridgehead atoms. The predicted octanol–water partition coefficient (Wildman–Crippen LogP) is 1.36. The minimum absolute atomic E-state index is 0.204. The van der Waals surface area contributed by atoms with Crippen molar-refractivity contribution < 1.29 is 4.74 Å². The van der Waals surface area contributed by atoms with E-state index in [4.69, 9.17) is 4.74 Å². The first-order valence-electron chi connectivity index (χ1n) is 7.01. The molecule has 1 atom stereocenters. The van der Waals surface area contributed by atoms with E-state index in [2.05, 4.69) is 32.5 Å². The van der Waals surface area contributed by atoms with Crippen LogP contribution in [0.4, 0.5) is 5.82 Å². The smallest absolute Gasteiger partial charge is 0.159 e. The van der Waals surface area contributed by atoms with Crippen molar-refractivity contribution in [3.63, 3.8) is 0 Å². The number of anilines is 1. The molecule has 1 N–H and O–H groups in total. The van der Waals surface area contributed by atoms with E-state index in [1.807, 2.05) is 26.1 Å². The van der Waals surface area contributed by atoms with E-state index in [0.29, 0.717) is 0 Å². The van der Waals surface area contributed by atoms with Gasteiger partial charge in [0, 0.05) is 37.5 Å². The summed E-state index contributed by atoms with van der Waals surface area (Å²) in [7, 11) is 2.05. The highest BCUT2D eigenvalue weighted by Crippen LogP contribution is 2.24. The Hall–Kier alpha value is -1.72. The van der Waals surface area contributed by atoms with Crippen molar-refractivity contribution in [3.8, 4) is 0 Å². The quantitative estimate of drug-likeness (QED) is 0.914. The van der Waals surface area contributed by atoms with Crippen molar-refractivity contribution in [3.05, 3.63) is 30.0 Å². The third-order valence-electron chi connectivity index (χ3n) is 3.70. The summed E-state index contributed by atoms with van der Waals surface area (Å²) in [6, 6.07) is 8.27. The van der Waals surface area contributed by atoms with Gasteiger partial charge in [0.25, 0.3) is 0 Å². The number of aromatic nitrogens is 2.